The lowest BCUT2D eigenvalue weighted by Gasteiger charge is -2.51. The van der Waals surface area contributed by atoms with Crippen molar-refractivity contribution in [2.75, 3.05) is 27.4 Å². The summed E-state index contributed by atoms with van der Waals surface area (Å²) in [5.41, 5.74) is -0.115. The van der Waals surface area contributed by atoms with Gasteiger partial charge < -0.3 is 14.8 Å². The van der Waals surface area contributed by atoms with Gasteiger partial charge in [0.15, 0.2) is 5.82 Å². The summed E-state index contributed by atoms with van der Waals surface area (Å²) in [6.07, 6.45) is -1.07. The smallest absolute Gasteiger partial charge is 0.252 e. The van der Waals surface area contributed by atoms with Crippen LogP contribution >= 0.6 is 0 Å². The minimum Gasteiger partial charge on any atom is -0.497 e. The van der Waals surface area contributed by atoms with Crippen LogP contribution in [-0.4, -0.2) is 59.4 Å². The van der Waals surface area contributed by atoms with Crippen molar-refractivity contribution in [3.05, 3.63) is 35.7 Å². The van der Waals surface area contributed by atoms with Crippen LogP contribution in [0.5, 0.6) is 5.75 Å². The third kappa shape index (κ3) is 4.52. The lowest BCUT2D eigenvalue weighted by Crippen LogP contribution is -2.56. The maximum Gasteiger partial charge on any atom is 0.252 e. The fourth-order valence-corrected chi connectivity index (χ4v) is 4.42. The molecule has 0 radical (unpaired) electrons. The molecule has 2 saturated carbocycles. The molecule has 7 nitrogen and oxygen atoms in total. The zero-order chi connectivity index (χ0) is 22.3. The number of hydrogen-bond donors (Lipinski definition) is 1. The molecular formula is C20H25F4N5O2. The van der Waals surface area contributed by atoms with Crippen LogP contribution in [0.15, 0.2) is 24.3 Å². The Balaban J connectivity index is 1.60. The first kappa shape index (κ1) is 21.9. The highest BCUT2D eigenvalue weighted by atomic mass is 19.3. The van der Waals surface area contributed by atoms with Crippen LogP contribution in [0.3, 0.4) is 0 Å². The molecule has 0 amide bonds. The molecule has 170 valence electrons. The van der Waals surface area contributed by atoms with E-state index in [1.165, 1.54) is 11.8 Å². The molecule has 11 heteroatoms. The molecule has 0 saturated heterocycles. The van der Waals surface area contributed by atoms with E-state index in [2.05, 4.69) is 20.8 Å². The fraction of sp³-hybridized carbons (Fsp3) is 0.650. The van der Waals surface area contributed by atoms with E-state index >= 15 is 0 Å². The molecule has 31 heavy (non-hydrogen) atoms. The normalized spacial score (nSPS) is 23.7. The molecule has 2 aliphatic rings. The molecule has 1 aromatic carbocycles. The van der Waals surface area contributed by atoms with Gasteiger partial charge in [-0.25, -0.2) is 22.2 Å². The van der Waals surface area contributed by atoms with Crippen LogP contribution < -0.4 is 10.1 Å². The van der Waals surface area contributed by atoms with Crippen molar-refractivity contribution >= 4 is 0 Å². The summed E-state index contributed by atoms with van der Waals surface area (Å²) < 4.78 is 66.7. The van der Waals surface area contributed by atoms with Crippen molar-refractivity contribution in [2.24, 2.45) is 11.3 Å². The number of hydrogen-bond acceptors (Lipinski definition) is 6. The molecule has 0 aliphatic heterocycles. The van der Waals surface area contributed by atoms with Gasteiger partial charge in [0.05, 0.1) is 26.3 Å². The Labute approximate surface area is 177 Å². The molecule has 2 aliphatic carbocycles. The summed E-state index contributed by atoms with van der Waals surface area (Å²) in [6.45, 7) is 0.324. The van der Waals surface area contributed by atoms with Gasteiger partial charge in [-0.15, -0.1) is 5.10 Å². The maximum absolute atomic E-state index is 13.9. The summed E-state index contributed by atoms with van der Waals surface area (Å²) in [5.74, 6) is -5.35. The maximum atomic E-state index is 13.9. The van der Waals surface area contributed by atoms with Gasteiger partial charge in [0.1, 0.15) is 5.75 Å². The van der Waals surface area contributed by atoms with Gasteiger partial charge in [-0.1, -0.05) is 12.1 Å². The van der Waals surface area contributed by atoms with E-state index in [0.717, 1.165) is 5.56 Å². The van der Waals surface area contributed by atoms with Crippen LogP contribution in [-0.2, 0) is 11.3 Å². The van der Waals surface area contributed by atoms with Gasteiger partial charge in [-0.3, -0.25) is 0 Å². The number of tetrazole rings is 1. The Bertz CT molecular complexity index is 897. The van der Waals surface area contributed by atoms with Gasteiger partial charge in [-0.2, -0.15) is 0 Å². The van der Waals surface area contributed by atoms with Crippen molar-refractivity contribution in [1.29, 1.82) is 0 Å². The van der Waals surface area contributed by atoms with Crippen molar-refractivity contribution in [2.45, 2.75) is 43.7 Å². The number of ether oxygens (including phenoxy) is 2. The van der Waals surface area contributed by atoms with E-state index in [0.29, 0.717) is 18.1 Å². The molecule has 0 bridgehead atoms. The Kier molecular flexibility index (Phi) is 5.67. The van der Waals surface area contributed by atoms with Gasteiger partial charge in [0.2, 0.25) is 5.92 Å². The Morgan fingerprint density at radius 1 is 1.16 bits per heavy atom. The van der Waals surface area contributed by atoms with Crippen molar-refractivity contribution in [3.63, 3.8) is 0 Å². The van der Waals surface area contributed by atoms with E-state index in [-0.39, 0.29) is 19.6 Å². The first-order chi connectivity index (χ1) is 14.7. The molecule has 1 N–H and O–H groups in total. The van der Waals surface area contributed by atoms with E-state index in [1.54, 1.807) is 19.2 Å². The Morgan fingerprint density at radius 2 is 1.84 bits per heavy atom. The lowest BCUT2D eigenvalue weighted by molar-refractivity contribution is -0.194. The minimum atomic E-state index is -2.84. The molecule has 4 rings (SSSR count). The van der Waals surface area contributed by atoms with E-state index in [1.807, 2.05) is 12.1 Å². The number of alkyl halides is 4. The molecule has 0 spiro atoms. The number of aromatic nitrogens is 4. The quantitative estimate of drug-likeness (QED) is 0.569. The summed E-state index contributed by atoms with van der Waals surface area (Å²) in [5, 5.41) is 14.9. The summed E-state index contributed by atoms with van der Waals surface area (Å²) in [6, 6.07) is 6.53. The largest absolute Gasteiger partial charge is 0.497 e. The van der Waals surface area contributed by atoms with Crippen LogP contribution in [0, 0.1) is 11.3 Å². The molecule has 2 aromatic rings. The summed E-state index contributed by atoms with van der Waals surface area (Å²) >= 11 is 0. The van der Waals surface area contributed by atoms with Gasteiger partial charge in [-0.05, 0) is 28.1 Å². The third-order valence-electron chi connectivity index (χ3n) is 6.10. The number of nitrogens with one attached hydrogen (secondary N) is 1. The highest BCUT2D eigenvalue weighted by Gasteiger charge is 2.62. The number of rotatable bonds is 10. The second-order valence-corrected chi connectivity index (χ2v) is 8.55. The second kappa shape index (κ2) is 8.01. The SMILES string of the molecule is COCC1(C(NCC2CC2(F)F)c2nnnn2Cc2ccc(OC)cc2)CC(F)(F)C1. The monoisotopic (exact) mass is 443 g/mol. The lowest BCUT2D eigenvalue weighted by atomic mass is 9.61. The molecule has 2 unspecified atom stereocenters. The van der Waals surface area contributed by atoms with Crippen LogP contribution in [0.4, 0.5) is 17.6 Å². The summed E-state index contributed by atoms with van der Waals surface area (Å²) in [7, 11) is 3.00. The first-order valence-electron chi connectivity index (χ1n) is 10.0. The average Bonchev–Trinajstić information content (AvgIpc) is 3.07. The van der Waals surface area contributed by atoms with Crippen LogP contribution in [0.25, 0.3) is 0 Å². The second-order valence-electron chi connectivity index (χ2n) is 8.55. The highest BCUT2D eigenvalue weighted by molar-refractivity contribution is 5.27. The summed E-state index contributed by atoms with van der Waals surface area (Å²) in [4.78, 5) is 0. The molecule has 2 fully saturated rings. The molecule has 1 heterocycles. The minimum absolute atomic E-state index is 0.00982. The van der Waals surface area contributed by atoms with Crippen molar-refractivity contribution in [3.8, 4) is 5.75 Å². The van der Waals surface area contributed by atoms with Crippen molar-refractivity contribution in [1.82, 2.24) is 25.5 Å². The highest BCUT2D eigenvalue weighted by Crippen LogP contribution is 2.58. The number of methoxy groups -OCH3 is 2. The van der Waals surface area contributed by atoms with E-state index in [4.69, 9.17) is 9.47 Å². The predicted octanol–water partition coefficient (Wildman–Crippen LogP) is 3.08. The van der Waals surface area contributed by atoms with Gasteiger partial charge in [0.25, 0.3) is 5.92 Å². The predicted molar refractivity (Wildman–Crippen MR) is 102 cm³/mol. The average molecular weight is 443 g/mol. The third-order valence-corrected chi connectivity index (χ3v) is 6.10. The topological polar surface area (TPSA) is 74.1 Å². The number of halogens is 4. The fourth-order valence-electron chi connectivity index (χ4n) is 4.42. The van der Waals surface area contributed by atoms with E-state index in [9.17, 15) is 17.6 Å². The standard InChI is InChI=1S/C20H25F4N5O2/c1-30-12-18(10-19(21,22)11-18)16(25-8-14-7-20(14,23)24)17-26-27-28-29(17)9-13-3-5-15(31-2)6-4-13/h3-6,14,16,25H,7-12H2,1-2H3. The first-order valence-corrected chi connectivity index (χ1v) is 10.0. The molecule has 2 atom stereocenters. The van der Waals surface area contributed by atoms with Gasteiger partial charge in [0, 0.05) is 44.2 Å². The van der Waals surface area contributed by atoms with Crippen molar-refractivity contribution < 1.29 is 27.0 Å². The van der Waals surface area contributed by atoms with Crippen LogP contribution in [0.2, 0.25) is 0 Å². The number of nitrogens with zero attached hydrogens (tertiary/aromatic N) is 4. The zero-order valence-electron chi connectivity index (χ0n) is 17.3. The van der Waals surface area contributed by atoms with Gasteiger partial charge >= 0.3 is 0 Å². The van der Waals surface area contributed by atoms with Crippen LogP contribution in [0.1, 0.15) is 36.7 Å². The number of benzene rings is 1. The molecular weight excluding hydrogens is 418 g/mol. The Hall–Kier alpha value is -2.27. The van der Waals surface area contributed by atoms with E-state index < -0.39 is 42.1 Å². The Morgan fingerprint density at radius 3 is 2.39 bits per heavy atom. The zero-order valence-corrected chi connectivity index (χ0v) is 17.3. The molecule has 1 aromatic heterocycles.